The summed E-state index contributed by atoms with van der Waals surface area (Å²) in [4.78, 5) is 24.7. The van der Waals surface area contributed by atoms with Gasteiger partial charge in [-0.25, -0.2) is 4.79 Å². The topological polar surface area (TPSA) is 83.6 Å². The molecule has 0 bridgehead atoms. The molecule has 17 heavy (non-hydrogen) atoms. The molecule has 3 atom stereocenters. The van der Waals surface area contributed by atoms with E-state index in [1.807, 2.05) is 13.8 Å². The minimum atomic E-state index is -0.923. The van der Waals surface area contributed by atoms with Gasteiger partial charge < -0.3 is 15.7 Å². The normalized spacial score (nSPS) is 26.6. The lowest BCUT2D eigenvalue weighted by molar-refractivity contribution is -0.153. The number of likely N-dealkylation sites (tertiary alicyclic amines) is 1. The fourth-order valence-electron chi connectivity index (χ4n) is 2.29. The van der Waals surface area contributed by atoms with E-state index in [9.17, 15) is 9.59 Å². The highest BCUT2D eigenvalue weighted by Crippen LogP contribution is 2.23. The third kappa shape index (κ3) is 3.43. The molecule has 2 unspecified atom stereocenters. The second-order valence-corrected chi connectivity index (χ2v) is 4.91. The van der Waals surface area contributed by atoms with Gasteiger partial charge in [-0.2, -0.15) is 0 Å². The summed E-state index contributed by atoms with van der Waals surface area (Å²) in [5, 5.41) is 9.15. The van der Waals surface area contributed by atoms with Crippen molar-refractivity contribution in [1.82, 2.24) is 4.90 Å². The summed E-state index contributed by atoms with van der Waals surface area (Å²) in [6, 6.07) is -1.26. The largest absolute Gasteiger partial charge is 0.480 e. The van der Waals surface area contributed by atoms with E-state index in [1.165, 1.54) is 4.90 Å². The molecule has 1 aliphatic rings. The summed E-state index contributed by atoms with van der Waals surface area (Å²) >= 11 is 0. The fraction of sp³-hybridized carbons (Fsp3) is 0.833. The first-order chi connectivity index (χ1) is 7.97. The van der Waals surface area contributed by atoms with Crippen LogP contribution in [0.5, 0.6) is 0 Å². The molecule has 1 amide bonds. The molecule has 1 heterocycles. The number of aliphatic carboxylic acids is 1. The monoisotopic (exact) mass is 242 g/mol. The molecule has 5 heteroatoms. The van der Waals surface area contributed by atoms with Crippen molar-refractivity contribution < 1.29 is 14.7 Å². The Hall–Kier alpha value is -1.10. The number of carboxylic acids is 1. The molecule has 98 valence electrons. The molecule has 0 aromatic heterocycles. The Morgan fingerprint density at radius 1 is 1.53 bits per heavy atom. The van der Waals surface area contributed by atoms with Crippen LogP contribution < -0.4 is 5.73 Å². The van der Waals surface area contributed by atoms with Gasteiger partial charge in [-0.1, -0.05) is 20.3 Å². The Kier molecular flexibility index (Phi) is 4.93. The quantitative estimate of drug-likeness (QED) is 0.764. The average Bonchev–Trinajstić information content (AvgIpc) is 2.28. The maximum atomic E-state index is 12.0. The van der Waals surface area contributed by atoms with E-state index in [0.29, 0.717) is 25.3 Å². The number of carboxylic acid groups (broad SMARTS) is 1. The maximum absolute atomic E-state index is 12.0. The second kappa shape index (κ2) is 6.00. The Bertz CT molecular complexity index is 293. The summed E-state index contributed by atoms with van der Waals surface area (Å²) in [6.07, 6.45) is 2.82. The van der Waals surface area contributed by atoms with Crippen molar-refractivity contribution >= 4 is 11.9 Å². The van der Waals surface area contributed by atoms with Crippen LogP contribution in [-0.4, -0.2) is 40.5 Å². The van der Waals surface area contributed by atoms with Gasteiger partial charge in [0.2, 0.25) is 5.91 Å². The van der Waals surface area contributed by atoms with E-state index >= 15 is 0 Å². The molecule has 1 aliphatic heterocycles. The summed E-state index contributed by atoms with van der Waals surface area (Å²) < 4.78 is 0. The number of hydrogen-bond donors (Lipinski definition) is 2. The van der Waals surface area contributed by atoms with Gasteiger partial charge in [0.25, 0.3) is 0 Å². The number of carbonyl (C=O) groups is 2. The highest BCUT2D eigenvalue weighted by Gasteiger charge is 2.36. The second-order valence-electron chi connectivity index (χ2n) is 4.91. The predicted octanol–water partition coefficient (Wildman–Crippen LogP) is 0.825. The SMILES string of the molecule is CCC[C@@H](N)C(=O)N1CCC(C)CC1C(=O)O. The summed E-state index contributed by atoms with van der Waals surface area (Å²) in [7, 11) is 0. The van der Waals surface area contributed by atoms with E-state index in [1.54, 1.807) is 0 Å². The zero-order valence-electron chi connectivity index (χ0n) is 10.6. The number of nitrogens with two attached hydrogens (primary N) is 1. The molecule has 0 saturated carbocycles. The standard InChI is InChI=1S/C12H22N2O3/c1-3-4-9(13)11(15)14-6-5-8(2)7-10(14)12(16)17/h8-10H,3-7,13H2,1-2H3,(H,16,17)/t8?,9-,10?/m1/s1. The Labute approximate surface area is 102 Å². The summed E-state index contributed by atoms with van der Waals surface area (Å²) in [6.45, 7) is 4.48. The van der Waals surface area contributed by atoms with Crippen molar-refractivity contribution in [2.45, 2.75) is 51.6 Å². The highest BCUT2D eigenvalue weighted by atomic mass is 16.4. The summed E-state index contributed by atoms with van der Waals surface area (Å²) in [5.41, 5.74) is 5.77. The van der Waals surface area contributed by atoms with Gasteiger partial charge in [0, 0.05) is 6.54 Å². The van der Waals surface area contributed by atoms with Crippen LogP contribution in [0.1, 0.15) is 39.5 Å². The molecule has 1 fully saturated rings. The Morgan fingerprint density at radius 3 is 2.71 bits per heavy atom. The van der Waals surface area contributed by atoms with E-state index in [2.05, 4.69) is 0 Å². The van der Waals surface area contributed by atoms with Gasteiger partial charge in [-0.05, 0) is 25.2 Å². The van der Waals surface area contributed by atoms with Gasteiger partial charge in [-0.15, -0.1) is 0 Å². The first-order valence-electron chi connectivity index (χ1n) is 6.26. The highest BCUT2D eigenvalue weighted by molar-refractivity contribution is 5.87. The van der Waals surface area contributed by atoms with Gasteiger partial charge in [0.15, 0.2) is 0 Å². The third-order valence-electron chi connectivity index (χ3n) is 3.35. The zero-order valence-corrected chi connectivity index (χ0v) is 10.6. The lowest BCUT2D eigenvalue weighted by atomic mass is 9.91. The molecule has 3 N–H and O–H groups in total. The molecule has 1 saturated heterocycles. The molecule has 5 nitrogen and oxygen atoms in total. The number of carbonyl (C=O) groups excluding carboxylic acids is 1. The van der Waals surface area contributed by atoms with E-state index < -0.39 is 18.1 Å². The number of nitrogens with zero attached hydrogens (tertiary/aromatic N) is 1. The van der Waals surface area contributed by atoms with Crippen LogP contribution in [0.3, 0.4) is 0 Å². The molecule has 0 aromatic rings. The van der Waals surface area contributed by atoms with Crippen LogP contribution in [0.25, 0.3) is 0 Å². The van der Waals surface area contributed by atoms with Crippen LogP contribution in [0, 0.1) is 5.92 Å². The van der Waals surface area contributed by atoms with Crippen LogP contribution in [-0.2, 0) is 9.59 Å². The Morgan fingerprint density at radius 2 is 2.18 bits per heavy atom. The molecular weight excluding hydrogens is 220 g/mol. The minimum absolute atomic E-state index is 0.217. The van der Waals surface area contributed by atoms with Crippen molar-refractivity contribution in [1.29, 1.82) is 0 Å². The summed E-state index contributed by atoms with van der Waals surface area (Å²) in [5.74, 6) is -0.790. The first kappa shape index (κ1) is 14.0. The molecule has 0 aromatic carbocycles. The van der Waals surface area contributed by atoms with Crippen molar-refractivity contribution in [3.8, 4) is 0 Å². The van der Waals surface area contributed by atoms with Gasteiger partial charge in [0.05, 0.1) is 6.04 Å². The van der Waals surface area contributed by atoms with Gasteiger partial charge >= 0.3 is 5.97 Å². The molecule has 0 radical (unpaired) electrons. The van der Waals surface area contributed by atoms with Crippen LogP contribution in [0.4, 0.5) is 0 Å². The smallest absolute Gasteiger partial charge is 0.326 e. The maximum Gasteiger partial charge on any atom is 0.326 e. The van der Waals surface area contributed by atoms with Crippen molar-refractivity contribution in [3.05, 3.63) is 0 Å². The van der Waals surface area contributed by atoms with Gasteiger partial charge in [0.1, 0.15) is 6.04 Å². The number of piperidine rings is 1. The molecular formula is C12H22N2O3. The zero-order chi connectivity index (χ0) is 13.0. The van der Waals surface area contributed by atoms with Gasteiger partial charge in [-0.3, -0.25) is 4.79 Å². The predicted molar refractivity (Wildman–Crippen MR) is 64.4 cm³/mol. The lowest BCUT2D eigenvalue weighted by Gasteiger charge is -2.37. The van der Waals surface area contributed by atoms with Crippen molar-refractivity contribution in [2.75, 3.05) is 6.54 Å². The van der Waals surface area contributed by atoms with Crippen LogP contribution in [0.15, 0.2) is 0 Å². The van der Waals surface area contributed by atoms with Crippen molar-refractivity contribution in [2.24, 2.45) is 11.7 Å². The molecule has 0 aliphatic carbocycles. The fourth-order valence-corrected chi connectivity index (χ4v) is 2.29. The van der Waals surface area contributed by atoms with Crippen LogP contribution >= 0.6 is 0 Å². The number of hydrogen-bond acceptors (Lipinski definition) is 3. The van der Waals surface area contributed by atoms with Crippen molar-refractivity contribution in [3.63, 3.8) is 0 Å². The minimum Gasteiger partial charge on any atom is -0.480 e. The van der Waals surface area contributed by atoms with Crippen LogP contribution in [0.2, 0.25) is 0 Å². The average molecular weight is 242 g/mol. The number of amides is 1. The van der Waals surface area contributed by atoms with E-state index in [-0.39, 0.29) is 5.91 Å². The molecule has 0 spiro atoms. The van der Waals surface area contributed by atoms with E-state index in [0.717, 1.165) is 12.8 Å². The molecule has 1 rings (SSSR count). The van der Waals surface area contributed by atoms with E-state index in [4.69, 9.17) is 10.8 Å². The Balaban J connectivity index is 2.72. The third-order valence-corrected chi connectivity index (χ3v) is 3.35. The first-order valence-corrected chi connectivity index (χ1v) is 6.26. The lowest BCUT2D eigenvalue weighted by Crippen LogP contribution is -2.54. The number of rotatable bonds is 4.